The lowest BCUT2D eigenvalue weighted by atomic mass is 9.98. The van der Waals surface area contributed by atoms with Crippen LogP contribution in [0.3, 0.4) is 0 Å². The molecule has 0 heterocycles. The molecule has 1 fully saturated rings. The minimum absolute atomic E-state index is 0.234. The lowest BCUT2D eigenvalue weighted by molar-refractivity contribution is -0.124. The Labute approximate surface area is 116 Å². The van der Waals surface area contributed by atoms with Gasteiger partial charge in [0.2, 0.25) is 0 Å². The second-order valence-electron chi connectivity index (χ2n) is 5.58. The first-order valence-electron chi connectivity index (χ1n) is 7.46. The minimum atomic E-state index is 0.234. The smallest absolute Gasteiger partial charge is 0.173 e. The second-order valence-corrected chi connectivity index (χ2v) is 5.58. The summed E-state index contributed by atoms with van der Waals surface area (Å²) in [6.07, 6.45) is 5.57. The van der Waals surface area contributed by atoms with E-state index in [1.807, 2.05) is 18.2 Å². The van der Waals surface area contributed by atoms with Crippen molar-refractivity contribution >= 4 is 5.78 Å². The number of ether oxygens (including phenoxy) is 1. The summed E-state index contributed by atoms with van der Waals surface area (Å²) in [5.41, 5.74) is 1.21. The standard InChI is InChI=1S/C17H24O2/c1-3-13(2)15-10-6-7-11-17(15)19-12-16(18)14-8-4-5-9-14/h6-7,10-11,13-14H,3-5,8-9,12H2,1-2H3. The van der Waals surface area contributed by atoms with Gasteiger partial charge in [0.15, 0.2) is 5.78 Å². The predicted octanol–water partition coefficient (Wildman–Crippen LogP) is 4.34. The first-order chi connectivity index (χ1) is 9.22. The number of hydrogen-bond donors (Lipinski definition) is 0. The van der Waals surface area contributed by atoms with Crippen molar-refractivity contribution in [2.24, 2.45) is 5.92 Å². The van der Waals surface area contributed by atoms with Crippen LogP contribution in [-0.2, 0) is 4.79 Å². The number of Topliss-reactive ketones (excluding diaryl/α,β-unsaturated/α-hetero) is 1. The molecule has 0 bridgehead atoms. The van der Waals surface area contributed by atoms with E-state index >= 15 is 0 Å². The van der Waals surface area contributed by atoms with E-state index in [0.717, 1.165) is 25.0 Å². The molecule has 1 unspecified atom stereocenters. The highest BCUT2D eigenvalue weighted by atomic mass is 16.5. The van der Waals surface area contributed by atoms with Crippen LogP contribution in [0, 0.1) is 5.92 Å². The van der Waals surface area contributed by atoms with Crippen molar-refractivity contribution in [3.8, 4) is 5.75 Å². The van der Waals surface area contributed by atoms with Crippen LogP contribution < -0.4 is 4.74 Å². The fraction of sp³-hybridized carbons (Fsp3) is 0.588. The number of hydrogen-bond acceptors (Lipinski definition) is 2. The minimum Gasteiger partial charge on any atom is -0.486 e. The lowest BCUT2D eigenvalue weighted by Gasteiger charge is -2.16. The Morgan fingerprint density at radius 2 is 2.00 bits per heavy atom. The van der Waals surface area contributed by atoms with Crippen LogP contribution >= 0.6 is 0 Å². The Balaban J connectivity index is 1.97. The lowest BCUT2D eigenvalue weighted by Crippen LogP contribution is -2.19. The Hall–Kier alpha value is -1.31. The number of para-hydroxylation sites is 1. The third-order valence-corrected chi connectivity index (χ3v) is 4.24. The predicted molar refractivity (Wildman–Crippen MR) is 77.6 cm³/mol. The molecule has 0 aromatic heterocycles. The van der Waals surface area contributed by atoms with E-state index in [9.17, 15) is 4.79 Å². The molecule has 2 nitrogen and oxygen atoms in total. The van der Waals surface area contributed by atoms with Gasteiger partial charge in [-0.2, -0.15) is 0 Å². The van der Waals surface area contributed by atoms with Crippen LogP contribution in [0.5, 0.6) is 5.75 Å². The molecule has 0 radical (unpaired) electrons. The normalized spacial score (nSPS) is 17.4. The highest BCUT2D eigenvalue weighted by molar-refractivity contribution is 5.82. The van der Waals surface area contributed by atoms with Gasteiger partial charge in [0.1, 0.15) is 12.4 Å². The first-order valence-corrected chi connectivity index (χ1v) is 7.46. The number of benzene rings is 1. The molecule has 2 heteroatoms. The van der Waals surface area contributed by atoms with Gasteiger partial charge in [-0.1, -0.05) is 44.9 Å². The van der Waals surface area contributed by atoms with E-state index in [-0.39, 0.29) is 18.3 Å². The average Bonchev–Trinajstić information content (AvgIpc) is 2.98. The van der Waals surface area contributed by atoms with Crippen LogP contribution in [-0.4, -0.2) is 12.4 Å². The Bertz CT molecular complexity index is 419. The van der Waals surface area contributed by atoms with Gasteiger partial charge in [-0.25, -0.2) is 0 Å². The topological polar surface area (TPSA) is 26.3 Å². The van der Waals surface area contributed by atoms with E-state index in [1.54, 1.807) is 0 Å². The number of carbonyl (C=O) groups is 1. The van der Waals surface area contributed by atoms with Crippen molar-refractivity contribution in [3.63, 3.8) is 0 Å². The van der Waals surface area contributed by atoms with Gasteiger partial charge >= 0.3 is 0 Å². The van der Waals surface area contributed by atoms with E-state index in [2.05, 4.69) is 19.9 Å². The zero-order valence-electron chi connectivity index (χ0n) is 12.0. The largest absolute Gasteiger partial charge is 0.486 e. The molecule has 1 aromatic rings. The summed E-state index contributed by atoms with van der Waals surface area (Å²) in [7, 11) is 0. The molecule has 1 saturated carbocycles. The van der Waals surface area contributed by atoms with Crippen LogP contribution in [0.25, 0.3) is 0 Å². The molecule has 2 rings (SSSR count). The van der Waals surface area contributed by atoms with E-state index in [4.69, 9.17) is 4.74 Å². The monoisotopic (exact) mass is 260 g/mol. The van der Waals surface area contributed by atoms with Crippen molar-refractivity contribution < 1.29 is 9.53 Å². The summed E-state index contributed by atoms with van der Waals surface area (Å²) in [5.74, 6) is 1.87. The van der Waals surface area contributed by atoms with Crippen molar-refractivity contribution in [1.82, 2.24) is 0 Å². The van der Waals surface area contributed by atoms with Crippen molar-refractivity contribution in [3.05, 3.63) is 29.8 Å². The highest BCUT2D eigenvalue weighted by Crippen LogP contribution is 2.29. The molecular formula is C17H24O2. The molecule has 19 heavy (non-hydrogen) atoms. The fourth-order valence-electron chi connectivity index (χ4n) is 2.75. The molecule has 1 atom stereocenters. The maximum absolute atomic E-state index is 12.0. The Morgan fingerprint density at radius 1 is 1.32 bits per heavy atom. The average molecular weight is 260 g/mol. The van der Waals surface area contributed by atoms with E-state index < -0.39 is 0 Å². The summed E-state index contributed by atoms with van der Waals surface area (Å²) < 4.78 is 5.78. The molecule has 1 aliphatic carbocycles. The van der Waals surface area contributed by atoms with Gasteiger partial charge < -0.3 is 4.74 Å². The zero-order chi connectivity index (χ0) is 13.7. The Morgan fingerprint density at radius 3 is 2.68 bits per heavy atom. The first kappa shape index (κ1) is 14.1. The maximum atomic E-state index is 12.0. The molecule has 0 spiro atoms. The molecule has 1 aliphatic rings. The van der Waals surface area contributed by atoms with Crippen LogP contribution in [0.4, 0.5) is 0 Å². The molecule has 0 amide bonds. The van der Waals surface area contributed by atoms with Crippen LogP contribution in [0.1, 0.15) is 57.4 Å². The fourth-order valence-corrected chi connectivity index (χ4v) is 2.75. The number of rotatable bonds is 6. The highest BCUT2D eigenvalue weighted by Gasteiger charge is 2.23. The summed E-state index contributed by atoms with van der Waals surface area (Å²) in [4.78, 5) is 12.0. The number of ketones is 1. The summed E-state index contributed by atoms with van der Waals surface area (Å²) >= 11 is 0. The summed E-state index contributed by atoms with van der Waals surface area (Å²) in [6.45, 7) is 4.60. The maximum Gasteiger partial charge on any atom is 0.173 e. The van der Waals surface area contributed by atoms with Gasteiger partial charge in [0.25, 0.3) is 0 Å². The third kappa shape index (κ3) is 3.59. The molecule has 1 aromatic carbocycles. The molecule has 0 N–H and O–H groups in total. The molecule has 0 saturated heterocycles. The quantitative estimate of drug-likeness (QED) is 0.760. The van der Waals surface area contributed by atoms with Crippen molar-refractivity contribution in [1.29, 1.82) is 0 Å². The van der Waals surface area contributed by atoms with Gasteiger partial charge in [-0.3, -0.25) is 4.79 Å². The molecule has 104 valence electrons. The van der Waals surface area contributed by atoms with Crippen molar-refractivity contribution in [2.75, 3.05) is 6.61 Å². The summed E-state index contributed by atoms with van der Waals surface area (Å²) in [6, 6.07) is 8.08. The van der Waals surface area contributed by atoms with Gasteiger partial charge in [0, 0.05) is 5.92 Å². The Kier molecular flexibility index (Phi) is 5.00. The van der Waals surface area contributed by atoms with Gasteiger partial charge in [-0.05, 0) is 36.8 Å². The molecular weight excluding hydrogens is 236 g/mol. The van der Waals surface area contributed by atoms with E-state index in [1.165, 1.54) is 18.4 Å². The van der Waals surface area contributed by atoms with Gasteiger partial charge in [-0.15, -0.1) is 0 Å². The van der Waals surface area contributed by atoms with Gasteiger partial charge in [0.05, 0.1) is 0 Å². The zero-order valence-corrected chi connectivity index (χ0v) is 12.0. The molecule has 0 aliphatic heterocycles. The third-order valence-electron chi connectivity index (χ3n) is 4.24. The van der Waals surface area contributed by atoms with Crippen molar-refractivity contribution in [2.45, 2.75) is 51.9 Å². The summed E-state index contributed by atoms with van der Waals surface area (Å²) in [5, 5.41) is 0. The second kappa shape index (κ2) is 6.74. The van der Waals surface area contributed by atoms with E-state index in [0.29, 0.717) is 5.92 Å². The SMILES string of the molecule is CCC(C)c1ccccc1OCC(=O)C1CCCC1. The number of carbonyl (C=O) groups excluding carboxylic acids is 1. The van der Waals surface area contributed by atoms with Crippen LogP contribution in [0.15, 0.2) is 24.3 Å². The van der Waals surface area contributed by atoms with Crippen LogP contribution in [0.2, 0.25) is 0 Å².